The van der Waals surface area contributed by atoms with Crippen molar-refractivity contribution in [2.75, 3.05) is 6.61 Å². The van der Waals surface area contributed by atoms with Crippen molar-refractivity contribution < 1.29 is 14.7 Å². The molecule has 0 aromatic rings. The predicted molar refractivity (Wildman–Crippen MR) is 106 cm³/mol. The van der Waals surface area contributed by atoms with E-state index in [9.17, 15) is 14.7 Å². The minimum Gasteiger partial charge on any atom is -0.389 e. The minimum absolute atomic E-state index is 0.0335. The highest BCUT2D eigenvalue weighted by atomic mass is 35.5. The molecule has 0 spiro atoms. The second kappa shape index (κ2) is 6.03. The monoisotopic (exact) mass is 390 g/mol. The van der Waals surface area contributed by atoms with Crippen LogP contribution >= 0.6 is 11.6 Å². The lowest BCUT2D eigenvalue weighted by Gasteiger charge is -2.56. The smallest absolute Gasteiger partial charge is 0.164 e. The zero-order valence-electron chi connectivity index (χ0n) is 16.8. The number of Topliss-reactive ketones (excluding diaryl/α,β-unsaturated/α-hetero) is 1. The number of halogens is 1. The first-order valence-electron chi connectivity index (χ1n) is 10.3. The molecule has 3 nitrogen and oxygen atoms in total. The number of hydrogen-bond donors (Lipinski definition) is 1. The molecule has 4 heteroatoms. The summed E-state index contributed by atoms with van der Waals surface area (Å²) in [6.45, 7) is 8.36. The summed E-state index contributed by atoms with van der Waals surface area (Å²) in [7, 11) is 0. The quantitative estimate of drug-likeness (QED) is 0.559. The van der Waals surface area contributed by atoms with E-state index in [1.807, 2.05) is 6.08 Å². The van der Waals surface area contributed by atoms with E-state index >= 15 is 0 Å². The van der Waals surface area contributed by atoms with Gasteiger partial charge in [-0.3, -0.25) is 9.59 Å². The van der Waals surface area contributed by atoms with Gasteiger partial charge >= 0.3 is 0 Å². The first-order valence-corrected chi connectivity index (χ1v) is 10.8. The third-order valence-electron chi connectivity index (χ3n) is 9.22. The predicted octanol–water partition coefficient (Wildman–Crippen LogP) is 4.47. The number of hydrogen-bond acceptors (Lipinski definition) is 3. The SMILES string of the molecule is CC1CC2C3C(=CCC2(C)C1(C)C(=O)CO)C1(C)CCC(=O)C=C1CC3Cl. The van der Waals surface area contributed by atoms with Gasteiger partial charge in [-0.2, -0.15) is 0 Å². The molecular weight excluding hydrogens is 360 g/mol. The molecule has 2 saturated carbocycles. The highest BCUT2D eigenvalue weighted by Crippen LogP contribution is 2.70. The summed E-state index contributed by atoms with van der Waals surface area (Å²) in [5.41, 5.74) is 1.84. The number of allylic oxidation sites excluding steroid dienone is 4. The van der Waals surface area contributed by atoms with Crippen LogP contribution in [0.15, 0.2) is 23.3 Å². The number of carbonyl (C=O) groups excluding carboxylic acids is 2. The molecule has 0 radical (unpaired) electrons. The van der Waals surface area contributed by atoms with Gasteiger partial charge in [-0.05, 0) is 49.0 Å². The molecule has 4 rings (SSSR count). The molecule has 148 valence electrons. The van der Waals surface area contributed by atoms with Crippen molar-refractivity contribution >= 4 is 23.2 Å². The lowest BCUT2D eigenvalue weighted by molar-refractivity contribution is -0.141. The fourth-order valence-corrected chi connectivity index (χ4v) is 7.59. The van der Waals surface area contributed by atoms with Crippen LogP contribution in [0.4, 0.5) is 0 Å². The number of ketones is 2. The van der Waals surface area contributed by atoms with Crippen LogP contribution < -0.4 is 0 Å². The van der Waals surface area contributed by atoms with Gasteiger partial charge in [-0.15, -0.1) is 11.6 Å². The maximum absolute atomic E-state index is 12.8. The molecule has 0 heterocycles. The summed E-state index contributed by atoms with van der Waals surface area (Å²) < 4.78 is 0. The Morgan fingerprint density at radius 1 is 1.33 bits per heavy atom. The van der Waals surface area contributed by atoms with Crippen LogP contribution in [0.2, 0.25) is 0 Å². The summed E-state index contributed by atoms with van der Waals surface area (Å²) in [4.78, 5) is 24.8. The Morgan fingerprint density at radius 2 is 2.04 bits per heavy atom. The molecule has 2 fully saturated rings. The van der Waals surface area contributed by atoms with Crippen molar-refractivity contribution in [3.63, 3.8) is 0 Å². The standard InChI is InChI=1S/C23H31ClO3/c1-13-9-17-20-16(6-8-22(17,3)23(13,4)19(27)12-25)21(2)7-5-15(26)10-14(21)11-18(20)24/h6,10,13,17-18,20,25H,5,7-9,11-12H2,1-4H3. The number of aliphatic hydroxyl groups excluding tert-OH is 1. The van der Waals surface area contributed by atoms with Crippen LogP contribution in [0.5, 0.6) is 0 Å². The maximum Gasteiger partial charge on any atom is 0.164 e. The van der Waals surface area contributed by atoms with Crippen LogP contribution in [0.3, 0.4) is 0 Å². The number of fused-ring (bicyclic) bond motifs is 5. The summed E-state index contributed by atoms with van der Waals surface area (Å²) in [6.07, 6.45) is 8.25. The Balaban J connectivity index is 1.82. The van der Waals surface area contributed by atoms with Gasteiger partial charge in [0, 0.05) is 28.5 Å². The van der Waals surface area contributed by atoms with E-state index in [1.54, 1.807) is 0 Å². The molecule has 7 atom stereocenters. The van der Waals surface area contributed by atoms with E-state index in [2.05, 4.69) is 33.8 Å². The fourth-order valence-electron chi connectivity index (χ4n) is 7.11. The zero-order chi connectivity index (χ0) is 19.8. The fraction of sp³-hybridized carbons (Fsp3) is 0.739. The average molecular weight is 391 g/mol. The second-order valence-corrected chi connectivity index (χ2v) is 10.6. The Kier molecular flexibility index (Phi) is 4.33. The second-order valence-electron chi connectivity index (χ2n) is 10.0. The topological polar surface area (TPSA) is 54.4 Å². The van der Waals surface area contributed by atoms with Crippen molar-refractivity contribution in [1.82, 2.24) is 0 Å². The van der Waals surface area contributed by atoms with E-state index in [4.69, 9.17) is 11.6 Å². The Bertz CT molecular complexity index is 768. The van der Waals surface area contributed by atoms with Crippen LogP contribution in [0.1, 0.15) is 59.8 Å². The van der Waals surface area contributed by atoms with Crippen LogP contribution in [-0.4, -0.2) is 28.7 Å². The zero-order valence-corrected chi connectivity index (χ0v) is 17.6. The summed E-state index contributed by atoms with van der Waals surface area (Å²) >= 11 is 6.98. The summed E-state index contributed by atoms with van der Waals surface area (Å²) in [5, 5.41) is 9.62. The lowest BCUT2D eigenvalue weighted by atomic mass is 9.48. The molecule has 7 unspecified atom stereocenters. The number of alkyl halides is 1. The van der Waals surface area contributed by atoms with Gasteiger partial charge in [0.05, 0.1) is 0 Å². The molecule has 4 aliphatic carbocycles. The van der Waals surface area contributed by atoms with Crippen molar-refractivity contribution in [1.29, 1.82) is 0 Å². The van der Waals surface area contributed by atoms with Crippen molar-refractivity contribution in [2.45, 2.75) is 65.2 Å². The van der Waals surface area contributed by atoms with Crippen molar-refractivity contribution in [2.24, 2.45) is 34.0 Å². The normalized spacial score (nSPS) is 48.9. The van der Waals surface area contributed by atoms with E-state index in [0.717, 1.165) is 25.7 Å². The molecular formula is C23H31ClO3. The van der Waals surface area contributed by atoms with Gasteiger partial charge in [0.2, 0.25) is 0 Å². The molecule has 0 aromatic heterocycles. The van der Waals surface area contributed by atoms with Gasteiger partial charge in [-0.1, -0.05) is 44.9 Å². The van der Waals surface area contributed by atoms with Gasteiger partial charge in [-0.25, -0.2) is 0 Å². The molecule has 1 N–H and O–H groups in total. The van der Waals surface area contributed by atoms with E-state index in [0.29, 0.717) is 12.3 Å². The molecule has 4 aliphatic rings. The third-order valence-corrected chi connectivity index (χ3v) is 9.64. The third kappa shape index (κ3) is 2.31. The number of aliphatic hydroxyl groups is 1. The number of rotatable bonds is 2. The maximum atomic E-state index is 12.8. The molecule has 0 aromatic carbocycles. The van der Waals surface area contributed by atoms with Crippen molar-refractivity contribution in [3.05, 3.63) is 23.3 Å². The molecule has 0 aliphatic heterocycles. The average Bonchev–Trinajstić information content (AvgIpc) is 2.84. The van der Waals surface area contributed by atoms with Gasteiger partial charge in [0.1, 0.15) is 6.61 Å². The Morgan fingerprint density at radius 3 is 2.70 bits per heavy atom. The molecule has 0 amide bonds. The molecule has 27 heavy (non-hydrogen) atoms. The van der Waals surface area contributed by atoms with E-state index < -0.39 is 5.41 Å². The van der Waals surface area contributed by atoms with E-state index in [1.165, 1.54) is 11.1 Å². The summed E-state index contributed by atoms with van der Waals surface area (Å²) in [5.74, 6) is 1.000. The van der Waals surface area contributed by atoms with Crippen LogP contribution in [-0.2, 0) is 9.59 Å². The summed E-state index contributed by atoms with van der Waals surface area (Å²) in [6, 6.07) is 0. The van der Waals surface area contributed by atoms with Crippen LogP contribution in [0.25, 0.3) is 0 Å². The Hall–Kier alpha value is -0.930. The molecule has 0 bridgehead atoms. The van der Waals surface area contributed by atoms with Gasteiger partial charge in [0.15, 0.2) is 11.6 Å². The van der Waals surface area contributed by atoms with E-state index in [-0.39, 0.29) is 46.2 Å². The van der Waals surface area contributed by atoms with Gasteiger partial charge in [0.25, 0.3) is 0 Å². The minimum atomic E-state index is -0.523. The first-order chi connectivity index (χ1) is 12.6. The van der Waals surface area contributed by atoms with Crippen LogP contribution in [0, 0.1) is 34.0 Å². The highest BCUT2D eigenvalue weighted by molar-refractivity contribution is 6.21. The number of carbonyl (C=O) groups is 2. The largest absolute Gasteiger partial charge is 0.389 e. The first kappa shape index (κ1) is 19.4. The Labute approximate surface area is 167 Å². The molecule has 0 saturated heterocycles. The highest BCUT2D eigenvalue weighted by Gasteiger charge is 2.66. The van der Waals surface area contributed by atoms with Gasteiger partial charge < -0.3 is 5.11 Å². The lowest BCUT2D eigenvalue weighted by Crippen LogP contribution is -2.53. The van der Waals surface area contributed by atoms with Crippen molar-refractivity contribution in [3.8, 4) is 0 Å².